The molecule has 0 atom stereocenters. The Hall–Kier alpha value is -1.38. The Kier molecular flexibility index (Phi) is 4.01. The van der Waals surface area contributed by atoms with Crippen molar-refractivity contribution >= 4 is 31.6 Å². The van der Waals surface area contributed by atoms with Gasteiger partial charge in [0.2, 0.25) is 0 Å². The summed E-state index contributed by atoms with van der Waals surface area (Å²) >= 11 is 3.16. The van der Waals surface area contributed by atoms with Crippen molar-refractivity contribution in [3.63, 3.8) is 0 Å². The molecular formula is C13H14BrN3O3S. The molecule has 2 N–H and O–H groups in total. The summed E-state index contributed by atoms with van der Waals surface area (Å²) in [6.45, 7) is 0.520. The fourth-order valence-corrected chi connectivity index (χ4v) is 3.88. The lowest BCUT2D eigenvalue weighted by atomic mass is 10.4. The lowest BCUT2D eigenvalue weighted by molar-refractivity contribution is 0.460. The highest BCUT2D eigenvalue weighted by atomic mass is 79.9. The number of hydrogen-bond acceptors (Lipinski definition) is 5. The van der Waals surface area contributed by atoms with E-state index in [1.807, 2.05) is 0 Å². The monoisotopic (exact) mass is 371 g/mol. The first kappa shape index (κ1) is 14.6. The lowest BCUT2D eigenvalue weighted by Crippen LogP contribution is -2.15. The molecular weight excluding hydrogens is 358 g/mol. The molecule has 1 aliphatic rings. The van der Waals surface area contributed by atoms with E-state index in [4.69, 9.17) is 4.42 Å². The summed E-state index contributed by atoms with van der Waals surface area (Å²) in [6, 6.07) is 5.35. The Balaban J connectivity index is 1.77. The van der Waals surface area contributed by atoms with Gasteiger partial charge in [0.1, 0.15) is 10.7 Å². The minimum Gasteiger partial charge on any atom is -0.451 e. The Labute approximate surface area is 131 Å². The van der Waals surface area contributed by atoms with Gasteiger partial charge in [-0.2, -0.15) is 0 Å². The van der Waals surface area contributed by atoms with E-state index < -0.39 is 10.0 Å². The Morgan fingerprint density at radius 2 is 2.24 bits per heavy atom. The molecule has 0 unspecified atom stereocenters. The van der Waals surface area contributed by atoms with E-state index in [0.717, 1.165) is 12.8 Å². The van der Waals surface area contributed by atoms with Crippen LogP contribution in [0.1, 0.15) is 18.6 Å². The number of anilines is 1. The minimum atomic E-state index is -3.70. The van der Waals surface area contributed by atoms with E-state index in [1.165, 1.54) is 12.3 Å². The molecule has 0 saturated heterocycles. The van der Waals surface area contributed by atoms with Gasteiger partial charge in [-0.05, 0) is 40.9 Å². The summed E-state index contributed by atoms with van der Waals surface area (Å²) < 4.78 is 32.8. The quantitative estimate of drug-likeness (QED) is 0.814. The first-order valence-electron chi connectivity index (χ1n) is 6.49. The van der Waals surface area contributed by atoms with Crippen molar-refractivity contribution in [1.82, 2.24) is 10.3 Å². The molecule has 6 nitrogen and oxygen atoms in total. The second kappa shape index (κ2) is 5.78. The molecule has 2 heterocycles. The van der Waals surface area contributed by atoms with Crippen LogP contribution in [0.4, 0.5) is 5.69 Å². The molecule has 3 rings (SSSR count). The van der Waals surface area contributed by atoms with Crippen LogP contribution in [0.5, 0.6) is 0 Å². The van der Waals surface area contributed by atoms with Gasteiger partial charge in [-0.15, -0.1) is 0 Å². The van der Waals surface area contributed by atoms with Crippen molar-refractivity contribution in [3.8, 4) is 0 Å². The number of furan rings is 1. The predicted molar refractivity (Wildman–Crippen MR) is 81.3 cm³/mol. The van der Waals surface area contributed by atoms with Crippen LogP contribution in [0.3, 0.4) is 0 Å². The Morgan fingerprint density at radius 1 is 1.43 bits per heavy atom. The number of nitrogens with zero attached hydrogens (tertiary/aromatic N) is 1. The Bertz CT molecular complexity index is 726. The zero-order chi connectivity index (χ0) is 14.9. The van der Waals surface area contributed by atoms with Crippen LogP contribution in [0.25, 0.3) is 0 Å². The SMILES string of the molecule is O=S(=O)(Nc1cccnc1)c1cc(CNC2CC2)oc1Br. The van der Waals surface area contributed by atoms with Crippen LogP contribution < -0.4 is 10.0 Å². The topological polar surface area (TPSA) is 84.2 Å². The van der Waals surface area contributed by atoms with Crippen molar-refractivity contribution < 1.29 is 12.8 Å². The molecule has 2 aromatic heterocycles. The normalized spacial score (nSPS) is 15.1. The van der Waals surface area contributed by atoms with E-state index in [2.05, 4.69) is 31.0 Å². The van der Waals surface area contributed by atoms with Crippen LogP contribution >= 0.6 is 15.9 Å². The van der Waals surface area contributed by atoms with Gasteiger partial charge in [0, 0.05) is 18.3 Å². The molecule has 0 spiro atoms. The molecule has 1 fully saturated rings. The molecule has 0 amide bonds. The van der Waals surface area contributed by atoms with Crippen molar-refractivity contribution in [3.05, 3.63) is 41.0 Å². The van der Waals surface area contributed by atoms with Gasteiger partial charge >= 0.3 is 0 Å². The van der Waals surface area contributed by atoms with Gasteiger partial charge in [-0.25, -0.2) is 8.42 Å². The maximum atomic E-state index is 12.3. The van der Waals surface area contributed by atoms with Gasteiger partial charge in [0.25, 0.3) is 10.0 Å². The number of sulfonamides is 1. The molecule has 1 saturated carbocycles. The van der Waals surface area contributed by atoms with Crippen molar-refractivity contribution in [1.29, 1.82) is 0 Å². The molecule has 0 aromatic carbocycles. The van der Waals surface area contributed by atoms with Crippen molar-refractivity contribution in [2.45, 2.75) is 30.3 Å². The summed E-state index contributed by atoms with van der Waals surface area (Å²) in [5, 5.41) is 3.27. The van der Waals surface area contributed by atoms with E-state index >= 15 is 0 Å². The van der Waals surface area contributed by atoms with E-state index in [-0.39, 0.29) is 9.56 Å². The third-order valence-corrected chi connectivity index (χ3v) is 5.29. The first-order chi connectivity index (χ1) is 10.0. The summed E-state index contributed by atoms with van der Waals surface area (Å²) in [7, 11) is -3.70. The van der Waals surface area contributed by atoms with Gasteiger partial charge < -0.3 is 9.73 Å². The number of aromatic nitrogens is 1. The van der Waals surface area contributed by atoms with Gasteiger partial charge in [-0.3, -0.25) is 9.71 Å². The van der Waals surface area contributed by atoms with Gasteiger partial charge in [0.05, 0.1) is 18.4 Å². The molecule has 8 heteroatoms. The van der Waals surface area contributed by atoms with E-state index in [1.54, 1.807) is 18.3 Å². The average molecular weight is 372 g/mol. The second-order valence-corrected chi connectivity index (χ2v) is 7.22. The number of rotatable bonds is 6. The minimum absolute atomic E-state index is 0.0824. The van der Waals surface area contributed by atoms with Crippen LogP contribution in [0.2, 0.25) is 0 Å². The fourth-order valence-electron chi connectivity index (χ4n) is 1.83. The maximum Gasteiger partial charge on any atom is 0.266 e. The van der Waals surface area contributed by atoms with Crippen molar-refractivity contribution in [2.75, 3.05) is 4.72 Å². The average Bonchev–Trinajstić information content (AvgIpc) is 3.19. The van der Waals surface area contributed by atoms with Crippen LogP contribution in [0, 0.1) is 0 Å². The summed E-state index contributed by atoms with van der Waals surface area (Å²) in [5.41, 5.74) is 0.406. The van der Waals surface area contributed by atoms with Gasteiger partial charge in [-0.1, -0.05) is 0 Å². The van der Waals surface area contributed by atoms with Gasteiger partial charge in [0.15, 0.2) is 4.67 Å². The zero-order valence-corrected chi connectivity index (χ0v) is 13.4. The third-order valence-electron chi connectivity index (χ3n) is 3.05. The largest absolute Gasteiger partial charge is 0.451 e. The molecule has 21 heavy (non-hydrogen) atoms. The van der Waals surface area contributed by atoms with Crippen LogP contribution in [0.15, 0.2) is 44.6 Å². The molecule has 1 aliphatic carbocycles. The highest BCUT2D eigenvalue weighted by Gasteiger charge is 2.24. The summed E-state index contributed by atoms with van der Waals surface area (Å²) in [5.74, 6) is 0.584. The number of pyridine rings is 1. The zero-order valence-electron chi connectivity index (χ0n) is 11.0. The predicted octanol–water partition coefficient (Wildman–Crippen LogP) is 2.49. The number of nitrogens with one attached hydrogen (secondary N) is 2. The lowest BCUT2D eigenvalue weighted by Gasteiger charge is -2.05. The number of halogens is 1. The number of hydrogen-bond donors (Lipinski definition) is 2. The van der Waals surface area contributed by atoms with Crippen LogP contribution in [-0.4, -0.2) is 19.4 Å². The Morgan fingerprint density at radius 3 is 2.90 bits per heavy atom. The standard InChI is InChI=1S/C13H14BrN3O3S/c14-13-12(6-11(20-13)8-16-9-3-4-9)21(18,19)17-10-2-1-5-15-7-10/h1-2,5-7,9,16-17H,3-4,8H2. The summed E-state index contributed by atoms with van der Waals surface area (Å²) in [6.07, 6.45) is 5.35. The highest BCUT2D eigenvalue weighted by molar-refractivity contribution is 9.10. The third kappa shape index (κ3) is 3.63. The summed E-state index contributed by atoms with van der Waals surface area (Å²) in [4.78, 5) is 3.96. The van der Waals surface area contributed by atoms with E-state index in [0.29, 0.717) is 24.0 Å². The molecule has 0 bridgehead atoms. The smallest absolute Gasteiger partial charge is 0.266 e. The first-order valence-corrected chi connectivity index (χ1v) is 8.77. The highest BCUT2D eigenvalue weighted by Crippen LogP contribution is 2.28. The maximum absolute atomic E-state index is 12.3. The molecule has 0 aliphatic heterocycles. The van der Waals surface area contributed by atoms with E-state index in [9.17, 15) is 8.42 Å². The molecule has 2 aromatic rings. The van der Waals surface area contributed by atoms with Crippen LogP contribution in [-0.2, 0) is 16.6 Å². The fraction of sp³-hybridized carbons (Fsp3) is 0.308. The van der Waals surface area contributed by atoms with Crippen molar-refractivity contribution in [2.24, 2.45) is 0 Å². The molecule has 0 radical (unpaired) electrons. The molecule has 112 valence electrons. The second-order valence-electron chi connectivity index (χ2n) is 4.85.